The molecule has 1 spiro atoms. The lowest BCUT2D eigenvalue weighted by atomic mass is 9.70. The van der Waals surface area contributed by atoms with Gasteiger partial charge >= 0.3 is 0 Å². The molecule has 2 atom stereocenters. The van der Waals surface area contributed by atoms with Crippen molar-refractivity contribution in [3.8, 4) is 0 Å². The molecule has 5 rings (SSSR count). The third kappa shape index (κ3) is 2.08. The van der Waals surface area contributed by atoms with Gasteiger partial charge in [-0.25, -0.2) is 0 Å². The van der Waals surface area contributed by atoms with Gasteiger partial charge in [0.25, 0.3) is 0 Å². The number of carbonyl (C=O) groups is 1. The highest BCUT2D eigenvalue weighted by molar-refractivity contribution is 5.95. The number of amides is 1. The van der Waals surface area contributed by atoms with E-state index in [0.717, 1.165) is 45.3 Å². The molecule has 3 heteroatoms. The Morgan fingerprint density at radius 3 is 2.60 bits per heavy atom. The molecule has 1 amide bonds. The summed E-state index contributed by atoms with van der Waals surface area (Å²) in [5.74, 6) is 0.379. The van der Waals surface area contributed by atoms with Crippen molar-refractivity contribution in [1.82, 2.24) is 4.90 Å². The van der Waals surface area contributed by atoms with Gasteiger partial charge in [-0.05, 0) is 42.9 Å². The maximum atomic E-state index is 13.5. The summed E-state index contributed by atoms with van der Waals surface area (Å²) in [5, 5.41) is 0. The number of fused-ring (bicyclic) bond motifs is 2. The van der Waals surface area contributed by atoms with Crippen molar-refractivity contribution in [1.29, 1.82) is 0 Å². The van der Waals surface area contributed by atoms with Crippen LogP contribution in [0.15, 0.2) is 54.6 Å². The van der Waals surface area contributed by atoms with Gasteiger partial charge in [0.1, 0.15) is 0 Å². The third-order valence-electron chi connectivity index (χ3n) is 6.41. The second-order valence-electron chi connectivity index (χ2n) is 7.66. The smallest absolute Gasteiger partial charge is 0.235 e. The average Bonchev–Trinajstić information content (AvgIpc) is 2.88. The lowest BCUT2D eigenvalue weighted by Gasteiger charge is -2.42. The maximum Gasteiger partial charge on any atom is 0.235 e. The molecule has 0 saturated carbocycles. The van der Waals surface area contributed by atoms with Crippen molar-refractivity contribution in [2.45, 2.75) is 43.7 Å². The van der Waals surface area contributed by atoms with Crippen LogP contribution in [0.2, 0.25) is 0 Å². The molecular formula is C22H24N2O. The van der Waals surface area contributed by atoms with Gasteiger partial charge < -0.3 is 9.80 Å². The molecule has 2 unspecified atom stereocenters. The fraction of sp³-hybridized carbons (Fsp3) is 0.409. The molecule has 0 aromatic heterocycles. The summed E-state index contributed by atoms with van der Waals surface area (Å²) in [6.45, 7) is 2.75. The minimum Gasteiger partial charge on any atom is -0.363 e. The molecule has 3 nitrogen and oxygen atoms in total. The summed E-state index contributed by atoms with van der Waals surface area (Å²) < 4.78 is 0. The van der Waals surface area contributed by atoms with E-state index in [2.05, 4.69) is 64.4 Å². The Morgan fingerprint density at radius 2 is 1.72 bits per heavy atom. The second-order valence-corrected chi connectivity index (χ2v) is 7.66. The molecule has 2 aromatic rings. The Labute approximate surface area is 149 Å². The summed E-state index contributed by atoms with van der Waals surface area (Å²) >= 11 is 0. The number of hydrogen-bond donors (Lipinski definition) is 0. The predicted molar refractivity (Wildman–Crippen MR) is 99.6 cm³/mol. The Bertz CT molecular complexity index is 803. The van der Waals surface area contributed by atoms with E-state index in [4.69, 9.17) is 0 Å². The Hall–Kier alpha value is -2.29. The molecule has 0 radical (unpaired) electrons. The van der Waals surface area contributed by atoms with Gasteiger partial charge in [-0.2, -0.15) is 0 Å². The predicted octanol–water partition coefficient (Wildman–Crippen LogP) is 3.73. The fourth-order valence-electron chi connectivity index (χ4n) is 5.38. The molecule has 2 aromatic carbocycles. The number of rotatable bonds is 2. The van der Waals surface area contributed by atoms with Crippen LogP contribution in [0.5, 0.6) is 0 Å². The highest BCUT2D eigenvalue weighted by Crippen LogP contribution is 2.53. The van der Waals surface area contributed by atoms with Crippen LogP contribution in [0.3, 0.4) is 0 Å². The van der Waals surface area contributed by atoms with Crippen molar-refractivity contribution >= 4 is 11.6 Å². The second kappa shape index (κ2) is 5.62. The van der Waals surface area contributed by atoms with Crippen molar-refractivity contribution in [3.05, 3.63) is 65.7 Å². The molecule has 0 aliphatic carbocycles. The van der Waals surface area contributed by atoms with Gasteiger partial charge in [0.15, 0.2) is 0 Å². The van der Waals surface area contributed by atoms with Crippen LogP contribution in [-0.2, 0) is 16.8 Å². The van der Waals surface area contributed by atoms with Crippen LogP contribution in [0.1, 0.15) is 36.8 Å². The number of anilines is 1. The molecule has 2 fully saturated rings. The van der Waals surface area contributed by atoms with Gasteiger partial charge in [0, 0.05) is 31.4 Å². The van der Waals surface area contributed by atoms with E-state index in [9.17, 15) is 4.79 Å². The van der Waals surface area contributed by atoms with Crippen molar-refractivity contribution in [3.63, 3.8) is 0 Å². The summed E-state index contributed by atoms with van der Waals surface area (Å²) in [4.78, 5) is 18.1. The third-order valence-corrected chi connectivity index (χ3v) is 6.41. The first-order valence-corrected chi connectivity index (χ1v) is 9.50. The van der Waals surface area contributed by atoms with E-state index in [1.165, 1.54) is 16.8 Å². The van der Waals surface area contributed by atoms with Gasteiger partial charge in [-0.1, -0.05) is 48.5 Å². The van der Waals surface area contributed by atoms with Crippen molar-refractivity contribution in [2.24, 2.45) is 0 Å². The number of piperidine rings is 1. The van der Waals surface area contributed by atoms with E-state index < -0.39 is 0 Å². The van der Waals surface area contributed by atoms with Gasteiger partial charge in [-0.15, -0.1) is 0 Å². The number of nitrogens with zero attached hydrogens (tertiary/aromatic N) is 2. The van der Waals surface area contributed by atoms with Crippen LogP contribution < -0.4 is 4.90 Å². The average molecular weight is 332 g/mol. The molecular weight excluding hydrogens is 308 g/mol. The molecule has 128 valence electrons. The van der Waals surface area contributed by atoms with Gasteiger partial charge in [-0.3, -0.25) is 4.79 Å². The van der Waals surface area contributed by atoms with Crippen LogP contribution in [-0.4, -0.2) is 29.9 Å². The van der Waals surface area contributed by atoms with Gasteiger partial charge in [0.2, 0.25) is 5.91 Å². The zero-order chi connectivity index (χ0) is 16.9. The van der Waals surface area contributed by atoms with E-state index in [1.54, 1.807) is 0 Å². The number of para-hydroxylation sites is 1. The molecule has 3 aliphatic heterocycles. The number of hydrogen-bond acceptors (Lipinski definition) is 2. The zero-order valence-electron chi connectivity index (χ0n) is 14.5. The zero-order valence-corrected chi connectivity index (χ0v) is 14.5. The Morgan fingerprint density at radius 1 is 0.960 bits per heavy atom. The first kappa shape index (κ1) is 15.0. The highest BCUT2D eigenvalue weighted by atomic mass is 16.2. The fourth-order valence-corrected chi connectivity index (χ4v) is 5.38. The summed E-state index contributed by atoms with van der Waals surface area (Å²) in [6.07, 6.45) is 4.33. The van der Waals surface area contributed by atoms with E-state index in [-0.39, 0.29) is 5.41 Å². The molecule has 0 N–H and O–H groups in total. The summed E-state index contributed by atoms with van der Waals surface area (Å²) in [7, 11) is 0. The van der Waals surface area contributed by atoms with Crippen LogP contribution in [0.25, 0.3) is 0 Å². The minimum atomic E-state index is -0.319. The number of carbonyl (C=O) groups excluding carboxylic acids is 1. The molecule has 3 heterocycles. The monoisotopic (exact) mass is 332 g/mol. The summed E-state index contributed by atoms with van der Waals surface area (Å²) in [6, 6.07) is 19.6. The van der Waals surface area contributed by atoms with Crippen molar-refractivity contribution < 1.29 is 4.79 Å². The first-order valence-electron chi connectivity index (χ1n) is 9.50. The lowest BCUT2D eigenvalue weighted by Crippen LogP contribution is -2.56. The molecule has 2 saturated heterocycles. The van der Waals surface area contributed by atoms with Crippen LogP contribution in [0.4, 0.5) is 5.69 Å². The SMILES string of the molecule is O=C1N2CCCC3N(Cc4ccccc4)c4ccccc4C13CCC2. The lowest BCUT2D eigenvalue weighted by molar-refractivity contribution is -0.140. The van der Waals surface area contributed by atoms with E-state index in [1.807, 2.05) is 0 Å². The topological polar surface area (TPSA) is 23.6 Å². The Balaban J connectivity index is 1.65. The maximum absolute atomic E-state index is 13.5. The molecule has 3 aliphatic rings. The van der Waals surface area contributed by atoms with Crippen molar-refractivity contribution in [2.75, 3.05) is 18.0 Å². The quantitative estimate of drug-likeness (QED) is 0.836. The standard InChI is InChI=1S/C22H24N2O/c25-21-22-13-7-15-23(21)14-6-12-20(22)24(16-17-8-2-1-3-9-17)19-11-5-4-10-18(19)22/h1-5,8-11,20H,6-7,12-16H2. The summed E-state index contributed by atoms with van der Waals surface area (Å²) in [5.41, 5.74) is 3.54. The van der Waals surface area contributed by atoms with E-state index in [0.29, 0.717) is 11.9 Å². The first-order chi connectivity index (χ1) is 12.3. The highest BCUT2D eigenvalue weighted by Gasteiger charge is 2.58. The normalized spacial score (nSPS) is 27.7. The van der Waals surface area contributed by atoms with E-state index >= 15 is 0 Å². The minimum absolute atomic E-state index is 0.294. The van der Waals surface area contributed by atoms with Crippen LogP contribution in [0, 0.1) is 0 Å². The number of benzene rings is 2. The molecule has 25 heavy (non-hydrogen) atoms. The largest absolute Gasteiger partial charge is 0.363 e. The van der Waals surface area contributed by atoms with Gasteiger partial charge in [0.05, 0.1) is 5.41 Å². The van der Waals surface area contributed by atoms with Crippen LogP contribution >= 0.6 is 0 Å². The Kier molecular flexibility index (Phi) is 3.37. The molecule has 2 bridgehead atoms.